The fourth-order valence-corrected chi connectivity index (χ4v) is 4.03. The lowest BCUT2D eigenvalue weighted by atomic mass is 10.1. The Morgan fingerprint density at radius 1 is 1.06 bits per heavy atom. The number of nitrogens with zero attached hydrogens (tertiary/aromatic N) is 3. The van der Waals surface area contributed by atoms with Gasteiger partial charge in [-0.3, -0.25) is 4.79 Å². The van der Waals surface area contributed by atoms with Crippen molar-refractivity contribution in [3.8, 4) is 5.75 Å². The first-order valence-electron chi connectivity index (χ1n) is 9.85. The van der Waals surface area contributed by atoms with E-state index >= 15 is 0 Å². The molecule has 31 heavy (non-hydrogen) atoms. The van der Waals surface area contributed by atoms with E-state index in [0.29, 0.717) is 17.5 Å². The van der Waals surface area contributed by atoms with E-state index in [-0.39, 0.29) is 24.0 Å². The van der Waals surface area contributed by atoms with Crippen LogP contribution in [0.4, 0.5) is 10.1 Å². The van der Waals surface area contributed by atoms with Gasteiger partial charge in [0.25, 0.3) is 0 Å². The Morgan fingerprint density at radius 3 is 2.68 bits per heavy atom. The molecule has 3 aromatic carbocycles. The summed E-state index contributed by atoms with van der Waals surface area (Å²) in [5.41, 5.74) is 0.777. The van der Waals surface area contributed by atoms with Crippen molar-refractivity contribution < 1.29 is 13.9 Å². The highest BCUT2D eigenvalue weighted by molar-refractivity contribution is 7.99. The zero-order chi connectivity index (χ0) is 21.6. The van der Waals surface area contributed by atoms with Crippen LogP contribution in [0, 0.1) is 5.82 Å². The van der Waals surface area contributed by atoms with E-state index in [1.807, 2.05) is 54.0 Å². The van der Waals surface area contributed by atoms with Crippen LogP contribution in [0.2, 0.25) is 0 Å². The number of halogens is 1. The van der Waals surface area contributed by atoms with Crippen molar-refractivity contribution in [1.29, 1.82) is 0 Å². The number of thioether (sulfide) groups is 1. The fourth-order valence-electron chi connectivity index (χ4n) is 3.21. The van der Waals surface area contributed by atoms with Crippen molar-refractivity contribution >= 4 is 34.1 Å². The minimum absolute atomic E-state index is 0.0878. The number of benzene rings is 3. The van der Waals surface area contributed by atoms with Gasteiger partial charge in [0.05, 0.1) is 5.75 Å². The third-order valence-corrected chi connectivity index (χ3v) is 5.67. The van der Waals surface area contributed by atoms with Crippen molar-refractivity contribution in [1.82, 2.24) is 14.8 Å². The van der Waals surface area contributed by atoms with Crippen LogP contribution in [-0.2, 0) is 17.9 Å². The van der Waals surface area contributed by atoms with Crippen molar-refractivity contribution in [3.05, 3.63) is 78.4 Å². The molecule has 1 amide bonds. The number of carbonyl (C=O) groups excluding carboxylic acids is 1. The Kier molecular flexibility index (Phi) is 6.47. The van der Waals surface area contributed by atoms with Crippen LogP contribution in [-0.4, -0.2) is 26.4 Å². The molecule has 1 heterocycles. The van der Waals surface area contributed by atoms with Crippen LogP contribution in [0.5, 0.6) is 5.75 Å². The van der Waals surface area contributed by atoms with Gasteiger partial charge >= 0.3 is 0 Å². The van der Waals surface area contributed by atoms with Crippen molar-refractivity contribution in [2.24, 2.45) is 0 Å². The number of nitrogens with one attached hydrogen (secondary N) is 1. The molecule has 4 rings (SSSR count). The zero-order valence-corrected chi connectivity index (χ0v) is 17.7. The van der Waals surface area contributed by atoms with Crippen molar-refractivity contribution in [2.45, 2.75) is 25.2 Å². The Hall–Kier alpha value is -3.39. The molecule has 4 aromatic rings. The first-order valence-corrected chi connectivity index (χ1v) is 10.8. The number of hydrogen-bond donors (Lipinski definition) is 1. The molecular weight excluding hydrogens is 415 g/mol. The molecular formula is C23H21FN4O2S. The molecule has 1 aromatic heterocycles. The Balaban J connectivity index is 1.39. The third-order valence-electron chi connectivity index (χ3n) is 4.70. The maximum absolute atomic E-state index is 13.7. The lowest BCUT2D eigenvalue weighted by molar-refractivity contribution is -0.113. The van der Waals surface area contributed by atoms with Gasteiger partial charge in [-0.15, -0.1) is 10.2 Å². The minimum Gasteiger partial charge on any atom is -0.483 e. The van der Waals surface area contributed by atoms with Crippen molar-refractivity contribution in [3.63, 3.8) is 0 Å². The van der Waals surface area contributed by atoms with Gasteiger partial charge in [0.15, 0.2) is 22.5 Å². The maximum Gasteiger partial charge on any atom is 0.234 e. The smallest absolute Gasteiger partial charge is 0.234 e. The van der Waals surface area contributed by atoms with E-state index in [0.717, 1.165) is 16.5 Å². The van der Waals surface area contributed by atoms with E-state index in [1.165, 1.54) is 17.8 Å². The molecule has 0 atom stereocenters. The molecule has 0 aliphatic rings. The maximum atomic E-state index is 13.7. The number of aromatic nitrogens is 3. The number of ether oxygens (including phenoxy) is 1. The second-order valence-electron chi connectivity index (χ2n) is 6.73. The zero-order valence-electron chi connectivity index (χ0n) is 16.9. The topological polar surface area (TPSA) is 69.0 Å². The summed E-state index contributed by atoms with van der Waals surface area (Å²) >= 11 is 1.30. The largest absolute Gasteiger partial charge is 0.483 e. The Labute approximate surface area is 183 Å². The summed E-state index contributed by atoms with van der Waals surface area (Å²) in [5, 5.41) is 14.0. The van der Waals surface area contributed by atoms with Gasteiger partial charge in [-0.1, -0.05) is 60.3 Å². The molecule has 0 saturated heterocycles. The highest BCUT2D eigenvalue weighted by Crippen LogP contribution is 2.24. The van der Waals surface area contributed by atoms with E-state index in [9.17, 15) is 9.18 Å². The number of rotatable bonds is 8. The number of carbonyl (C=O) groups is 1. The summed E-state index contributed by atoms with van der Waals surface area (Å²) < 4.78 is 21.1. The van der Waals surface area contributed by atoms with Crippen LogP contribution in [0.15, 0.2) is 71.9 Å². The summed E-state index contributed by atoms with van der Waals surface area (Å²) in [6.45, 7) is 2.65. The standard InChI is InChI=1S/C23H21FN4O2S/c1-2-28-21(14-30-20-13-6-5-11-18(20)24)26-27-23(28)31-15-22(29)25-19-12-7-9-16-8-3-4-10-17(16)19/h3-13H,2,14-15H2,1H3,(H,25,29). The molecule has 0 spiro atoms. The highest BCUT2D eigenvalue weighted by Gasteiger charge is 2.15. The number of anilines is 1. The molecule has 0 unspecified atom stereocenters. The monoisotopic (exact) mass is 436 g/mol. The van der Waals surface area contributed by atoms with Crippen molar-refractivity contribution in [2.75, 3.05) is 11.1 Å². The van der Waals surface area contributed by atoms with Gasteiger partial charge in [-0.2, -0.15) is 0 Å². The average Bonchev–Trinajstić information content (AvgIpc) is 3.19. The predicted molar refractivity (Wildman–Crippen MR) is 120 cm³/mol. The summed E-state index contributed by atoms with van der Waals surface area (Å²) in [6.07, 6.45) is 0. The van der Waals surface area contributed by atoms with Gasteiger partial charge in [-0.25, -0.2) is 4.39 Å². The van der Waals surface area contributed by atoms with Gasteiger partial charge in [0, 0.05) is 17.6 Å². The summed E-state index contributed by atoms with van der Waals surface area (Å²) in [5.74, 6) is 0.371. The van der Waals surface area contributed by atoms with Crippen LogP contribution in [0.1, 0.15) is 12.7 Å². The van der Waals surface area contributed by atoms with Gasteiger partial charge in [0.1, 0.15) is 6.61 Å². The van der Waals surface area contributed by atoms with Gasteiger partial charge in [0.2, 0.25) is 5.91 Å². The number of hydrogen-bond acceptors (Lipinski definition) is 5. The molecule has 0 saturated carbocycles. The molecule has 8 heteroatoms. The highest BCUT2D eigenvalue weighted by atomic mass is 32.2. The molecule has 1 N–H and O–H groups in total. The molecule has 0 aliphatic heterocycles. The number of para-hydroxylation sites is 1. The van der Waals surface area contributed by atoms with Gasteiger partial charge in [-0.05, 0) is 30.5 Å². The summed E-state index contributed by atoms with van der Waals surface area (Å²) in [4.78, 5) is 12.5. The normalized spacial score (nSPS) is 10.9. The number of amides is 1. The van der Waals surface area contributed by atoms with E-state index in [2.05, 4.69) is 15.5 Å². The quantitative estimate of drug-likeness (QED) is 0.398. The Morgan fingerprint density at radius 2 is 1.84 bits per heavy atom. The predicted octanol–water partition coefficient (Wildman–Crippen LogP) is 4.90. The van der Waals surface area contributed by atoms with Gasteiger partial charge < -0.3 is 14.6 Å². The number of fused-ring (bicyclic) bond motifs is 1. The molecule has 158 valence electrons. The Bertz CT molecular complexity index is 1210. The molecule has 0 aliphatic carbocycles. The van der Waals surface area contributed by atoms with E-state index < -0.39 is 5.82 Å². The molecule has 0 fully saturated rings. The summed E-state index contributed by atoms with van der Waals surface area (Å²) in [6, 6.07) is 19.9. The molecule has 0 radical (unpaired) electrons. The second-order valence-corrected chi connectivity index (χ2v) is 7.67. The minimum atomic E-state index is -0.426. The van der Waals surface area contributed by atoms with Crippen LogP contribution in [0.25, 0.3) is 10.8 Å². The third kappa shape index (κ3) is 4.86. The second kappa shape index (κ2) is 9.61. The van der Waals surface area contributed by atoms with Crippen LogP contribution in [0.3, 0.4) is 0 Å². The fraction of sp³-hybridized carbons (Fsp3) is 0.174. The SMILES string of the molecule is CCn1c(COc2ccccc2F)nnc1SCC(=O)Nc1cccc2ccccc12. The molecule has 6 nitrogen and oxygen atoms in total. The van der Waals surface area contributed by atoms with Crippen LogP contribution < -0.4 is 10.1 Å². The first kappa shape index (κ1) is 20.9. The van der Waals surface area contributed by atoms with E-state index in [1.54, 1.807) is 18.2 Å². The first-order chi connectivity index (χ1) is 15.2. The lowest BCUT2D eigenvalue weighted by Gasteiger charge is -2.10. The summed E-state index contributed by atoms with van der Waals surface area (Å²) in [7, 11) is 0. The lowest BCUT2D eigenvalue weighted by Crippen LogP contribution is -2.15. The average molecular weight is 437 g/mol. The van der Waals surface area contributed by atoms with E-state index in [4.69, 9.17) is 4.74 Å². The van der Waals surface area contributed by atoms with Crippen LogP contribution >= 0.6 is 11.8 Å². The molecule has 0 bridgehead atoms.